The van der Waals surface area contributed by atoms with Crippen molar-refractivity contribution in [1.82, 2.24) is 0 Å². The van der Waals surface area contributed by atoms with Crippen molar-refractivity contribution in [2.24, 2.45) is 0 Å². The first-order valence-corrected chi connectivity index (χ1v) is 7.88. The number of anilines is 1. The molecular formula is C16H18FNO2S. The van der Waals surface area contributed by atoms with Gasteiger partial charge in [-0.1, -0.05) is 11.8 Å². The Morgan fingerprint density at radius 3 is 3.00 bits per heavy atom. The number of carbonyl (C=O) groups excluding carboxylic acids is 1. The molecule has 21 heavy (non-hydrogen) atoms. The second kappa shape index (κ2) is 6.97. The normalized spacial score (nSPS) is 20.7. The summed E-state index contributed by atoms with van der Waals surface area (Å²) in [4.78, 5) is 12.2. The van der Waals surface area contributed by atoms with Gasteiger partial charge in [0, 0.05) is 12.0 Å². The van der Waals surface area contributed by atoms with Gasteiger partial charge < -0.3 is 10.4 Å². The van der Waals surface area contributed by atoms with E-state index in [1.165, 1.54) is 12.1 Å². The molecule has 0 bridgehead atoms. The smallest absolute Gasteiger partial charge is 0.240 e. The highest BCUT2D eigenvalue weighted by Crippen LogP contribution is 2.38. The summed E-state index contributed by atoms with van der Waals surface area (Å²) in [7, 11) is 0. The Morgan fingerprint density at radius 2 is 2.38 bits per heavy atom. The van der Waals surface area contributed by atoms with Gasteiger partial charge in [-0.25, -0.2) is 4.39 Å². The maximum Gasteiger partial charge on any atom is 0.240 e. The summed E-state index contributed by atoms with van der Waals surface area (Å²) in [6, 6.07) is 4.48. The molecule has 2 rings (SSSR count). The van der Waals surface area contributed by atoms with Gasteiger partial charge in [0.2, 0.25) is 5.91 Å². The predicted octanol–water partition coefficient (Wildman–Crippen LogP) is 2.78. The monoisotopic (exact) mass is 307 g/mol. The molecule has 1 heterocycles. The molecule has 1 aromatic rings. The van der Waals surface area contributed by atoms with Gasteiger partial charge in [0.05, 0.1) is 17.0 Å². The fourth-order valence-electron chi connectivity index (χ4n) is 2.13. The van der Waals surface area contributed by atoms with Gasteiger partial charge in [-0.3, -0.25) is 4.79 Å². The number of nitrogens with one attached hydrogen (secondary N) is 1. The fraction of sp³-hybridized carbons (Fsp3) is 0.438. The van der Waals surface area contributed by atoms with Crippen molar-refractivity contribution >= 4 is 23.4 Å². The van der Waals surface area contributed by atoms with Gasteiger partial charge >= 0.3 is 0 Å². The van der Waals surface area contributed by atoms with Crippen molar-refractivity contribution in [2.45, 2.75) is 30.9 Å². The highest BCUT2D eigenvalue weighted by molar-refractivity contribution is 8.01. The van der Waals surface area contributed by atoms with Gasteiger partial charge in [-0.2, -0.15) is 0 Å². The zero-order valence-electron chi connectivity index (χ0n) is 11.9. The minimum Gasteiger partial charge on any atom is -0.395 e. The molecule has 1 atom stereocenters. The summed E-state index contributed by atoms with van der Waals surface area (Å²) >= 11 is 1.61. The van der Waals surface area contributed by atoms with Gasteiger partial charge in [0.25, 0.3) is 0 Å². The lowest BCUT2D eigenvalue weighted by Gasteiger charge is -2.21. The zero-order valence-corrected chi connectivity index (χ0v) is 12.7. The third kappa shape index (κ3) is 3.99. The van der Waals surface area contributed by atoms with Crippen molar-refractivity contribution in [2.75, 3.05) is 17.7 Å². The number of hydrogen-bond acceptors (Lipinski definition) is 3. The number of amides is 1. The number of rotatable bonds is 3. The summed E-state index contributed by atoms with van der Waals surface area (Å²) < 4.78 is 13.5. The zero-order chi connectivity index (χ0) is 15.3. The van der Waals surface area contributed by atoms with Crippen molar-refractivity contribution in [3.8, 4) is 11.8 Å². The van der Waals surface area contributed by atoms with E-state index < -0.39 is 10.6 Å². The predicted molar refractivity (Wildman–Crippen MR) is 83.7 cm³/mol. The van der Waals surface area contributed by atoms with Gasteiger partial charge in [-0.05, 0) is 43.7 Å². The van der Waals surface area contributed by atoms with E-state index in [2.05, 4.69) is 17.2 Å². The van der Waals surface area contributed by atoms with E-state index in [4.69, 9.17) is 5.11 Å². The summed E-state index contributed by atoms with van der Waals surface area (Å²) in [6.45, 7) is 1.88. The highest BCUT2D eigenvalue weighted by atomic mass is 32.2. The van der Waals surface area contributed by atoms with Crippen LogP contribution in [-0.4, -0.2) is 28.1 Å². The molecule has 0 radical (unpaired) electrons. The molecule has 1 amide bonds. The number of carbonyl (C=O) groups is 1. The van der Waals surface area contributed by atoms with E-state index in [9.17, 15) is 9.18 Å². The first-order valence-electron chi connectivity index (χ1n) is 6.90. The SMILES string of the molecule is CC1(C(=O)Nc2ccc(C#CCCO)cc2F)CCCS1. The van der Waals surface area contributed by atoms with Crippen LogP contribution in [0.3, 0.4) is 0 Å². The average molecular weight is 307 g/mol. The number of aliphatic hydroxyl groups is 1. The van der Waals surface area contributed by atoms with E-state index >= 15 is 0 Å². The largest absolute Gasteiger partial charge is 0.395 e. The maximum absolute atomic E-state index is 14.0. The Hall–Kier alpha value is -1.51. The van der Waals surface area contributed by atoms with E-state index in [1.54, 1.807) is 17.8 Å². The third-order valence-corrected chi connectivity index (χ3v) is 4.91. The van der Waals surface area contributed by atoms with Crippen LogP contribution in [0.25, 0.3) is 0 Å². The van der Waals surface area contributed by atoms with Gasteiger partial charge in [0.15, 0.2) is 0 Å². The number of benzene rings is 1. The van der Waals surface area contributed by atoms with Gasteiger partial charge in [0.1, 0.15) is 5.82 Å². The standard InChI is InChI=1S/C16H18FNO2S/c1-16(8-4-10-21-16)15(20)18-14-7-6-12(11-13(14)17)5-2-3-9-19/h6-7,11,19H,3-4,8-10H2,1H3,(H,18,20). The Balaban J connectivity index is 2.08. The summed E-state index contributed by atoms with van der Waals surface area (Å²) in [5.74, 6) is 5.81. The minimum atomic E-state index is -0.495. The molecule has 1 aliphatic rings. The summed E-state index contributed by atoms with van der Waals surface area (Å²) in [6.07, 6.45) is 2.18. The molecule has 0 aliphatic carbocycles. The Morgan fingerprint density at radius 1 is 1.57 bits per heavy atom. The number of hydrogen-bond donors (Lipinski definition) is 2. The van der Waals surface area contributed by atoms with Crippen LogP contribution in [0, 0.1) is 17.7 Å². The van der Waals surface area contributed by atoms with E-state index in [0.29, 0.717) is 12.0 Å². The van der Waals surface area contributed by atoms with E-state index in [1.807, 2.05) is 6.92 Å². The quantitative estimate of drug-likeness (QED) is 0.844. The Kier molecular flexibility index (Phi) is 5.27. The van der Waals surface area contributed by atoms with E-state index in [-0.39, 0.29) is 18.2 Å². The molecular weight excluding hydrogens is 289 g/mol. The first-order chi connectivity index (χ1) is 10.0. The molecule has 1 fully saturated rings. The van der Waals surface area contributed by atoms with Crippen LogP contribution in [0.1, 0.15) is 31.7 Å². The lowest BCUT2D eigenvalue weighted by Crippen LogP contribution is -2.34. The second-order valence-corrected chi connectivity index (χ2v) is 6.70. The van der Waals surface area contributed by atoms with Crippen LogP contribution in [0.15, 0.2) is 18.2 Å². The van der Waals surface area contributed by atoms with Crippen molar-refractivity contribution in [3.63, 3.8) is 0 Å². The maximum atomic E-state index is 14.0. The Bertz CT molecular complexity index is 586. The molecule has 2 N–H and O–H groups in total. The third-order valence-electron chi connectivity index (χ3n) is 3.39. The van der Waals surface area contributed by atoms with Crippen LogP contribution in [0.4, 0.5) is 10.1 Å². The lowest BCUT2D eigenvalue weighted by atomic mass is 10.0. The van der Waals surface area contributed by atoms with Crippen LogP contribution in [0.2, 0.25) is 0 Å². The molecule has 5 heteroatoms. The number of halogens is 1. The number of aliphatic hydroxyl groups excluding tert-OH is 1. The molecule has 1 saturated heterocycles. The molecule has 0 spiro atoms. The topological polar surface area (TPSA) is 49.3 Å². The summed E-state index contributed by atoms with van der Waals surface area (Å²) in [5.41, 5.74) is 0.710. The molecule has 1 aliphatic heterocycles. The first kappa shape index (κ1) is 15.9. The molecule has 0 saturated carbocycles. The molecule has 1 unspecified atom stereocenters. The molecule has 112 valence electrons. The summed E-state index contributed by atoms with van der Waals surface area (Å²) in [5, 5.41) is 11.3. The van der Waals surface area contributed by atoms with Gasteiger partial charge in [-0.15, -0.1) is 11.8 Å². The molecule has 0 aromatic heterocycles. The minimum absolute atomic E-state index is 0.0140. The fourth-order valence-corrected chi connectivity index (χ4v) is 3.34. The van der Waals surface area contributed by atoms with Crippen molar-refractivity contribution < 1.29 is 14.3 Å². The van der Waals surface area contributed by atoms with Crippen LogP contribution >= 0.6 is 11.8 Å². The van der Waals surface area contributed by atoms with Crippen molar-refractivity contribution in [1.29, 1.82) is 0 Å². The number of thioether (sulfide) groups is 1. The Labute approximate surface area is 128 Å². The van der Waals surface area contributed by atoms with Crippen LogP contribution in [-0.2, 0) is 4.79 Å². The lowest BCUT2D eigenvalue weighted by molar-refractivity contribution is -0.118. The van der Waals surface area contributed by atoms with Crippen LogP contribution < -0.4 is 5.32 Å². The highest BCUT2D eigenvalue weighted by Gasteiger charge is 2.37. The average Bonchev–Trinajstić information content (AvgIpc) is 2.90. The molecule has 1 aromatic carbocycles. The molecule has 3 nitrogen and oxygen atoms in total. The van der Waals surface area contributed by atoms with Crippen molar-refractivity contribution in [3.05, 3.63) is 29.6 Å². The van der Waals surface area contributed by atoms with Crippen LogP contribution in [0.5, 0.6) is 0 Å². The van der Waals surface area contributed by atoms with E-state index in [0.717, 1.165) is 18.6 Å². The second-order valence-electron chi connectivity index (χ2n) is 5.11.